The number of hydrogen-bond acceptors (Lipinski definition) is 4. The van der Waals surface area contributed by atoms with Crippen molar-refractivity contribution >= 4 is 21.6 Å². The summed E-state index contributed by atoms with van der Waals surface area (Å²) in [6.07, 6.45) is 0. The first-order valence-electron chi connectivity index (χ1n) is 8.49. The molecule has 10 heteroatoms. The molecule has 2 aromatic carbocycles. The number of amides is 1. The summed E-state index contributed by atoms with van der Waals surface area (Å²) in [6.45, 7) is 0.653. The molecular weight excluding hydrogens is 395 g/mol. The first kappa shape index (κ1) is 20.3. The number of piperazine rings is 1. The van der Waals surface area contributed by atoms with E-state index in [1.54, 1.807) is 4.90 Å². The number of sulfonamides is 1. The Bertz CT molecular complexity index is 957. The lowest BCUT2D eigenvalue weighted by Crippen LogP contribution is -2.50. The normalized spacial score (nSPS) is 16.1. The van der Waals surface area contributed by atoms with E-state index in [0.717, 1.165) is 18.2 Å². The molecule has 0 atom stereocenters. The maximum absolute atomic E-state index is 13.8. The second-order valence-electron chi connectivity index (χ2n) is 6.32. The van der Waals surface area contributed by atoms with E-state index < -0.39 is 33.4 Å². The molecule has 1 amide bonds. The molecule has 6 nitrogen and oxygen atoms in total. The summed E-state index contributed by atoms with van der Waals surface area (Å²) in [6, 6.07) is 7.86. The van der Waals surface area contributed by atoms with Gasteiger partial charge in [-0.3, -0.25) is 9.69 Å². The van der Waals surface area contributed by atoms with Crippen molar-refractivity contribution in [2.45, 2.75) is 4.90 Å². The molecule has 3 rings (SSSR count). The Morgan fingerprint density at radius 3 is 2.18 bits per heavy atom. The lowest BCUT2D eigenvalue weighted by molar-refractivity contribution is -0.117. The standard InChI is InChI=1S/C18H18F3N3O3S/c19-13-9-14(20)11-15(10-13)22-18(25)12-23-5-7-24(8-6-23)28(26,27)17-4-2-1-3-16(17)21/h1-4,9-11H,5-8,12H2,(H,22,25). The third-order valence-corrected chi connectivity index (χ3v) is 6.23. The molecule has 0 unspecified atom stereocenters. The van der Waals surface area contributed by atoms with E-state index in [1.165, 1.54) is 22.5 Å². The fraction of sp³-hybridized carbons (Fsp3) is 0.278. The van der Waals surface area contributed by atoms with Gasteiger partial charge in [0.1, 0.15) is 22.3 Å². The van der Waals surface area contributed by atoms with Crippen LogP contribution >= 0.6 is 0 Å². The lowest BCUT2D eigenvalue weighted by atomic mass is 10.3. The molecule has 0 spiro atoms. The van der Waals surface area contributed by atoms with Crippen LogP contribution < -0.4 is 5.32 Å². The number of halogens is 3. The van der Waals surface area contributed by atoms with Gasteiger partial charge in [-0.2, -0.15) is 4.31 Å². The molecule has 150 valence electrons. The first-order valence-corrected chi connectivity index (χ1v) is 9.93. The maximum Gasteiger partial charge on any atom is 0.246 e. The summed E-state index contributed by atoms with van der Waals surface area (Å²) in [7, 11) is -3.95. The minimum absolute atomic E-state index is 0.00302. The molecule has 1 N–H and O–H groups in total. The molecule has 1 aliphatic heterocycles. The zero-order valence-electron chi connectivity index (χ0n) is 14.7. The number of benzene rings is 2. The first-order chi connectivity index (χ1) is 13.3. The number of carbonyl (C=O) groups excluding carboxylic acids is 1. The lowest BCUT2D eigenvalue weighted by Gasteiger charge is -2.33. The Labute approximate surface area is 160 Å². The number of carbonyl (C=O) groups is 1. The number of hydrogen-bond donors (Lipinski definition) is 1. The van der Waals surface area contributed by atoms with E-state index in [2.05, 4.69) is 5.32 Å². The van der Waals surface area contributed by atoms with Crippen molar-refractivity contribution in [3.8, 4) is 0 Å². The van der Waals surface area contributed by atoms with Crippen molar-refractivity contribution in [1.29, 1.82) is 0 Å². The van der Waals surface area contributed by atoms with Crippen LogP contribution in [-0.4, -0.2) is 56.3 Å². The Morgan fingerprint density at radius 1 is 0.964 bits per heavy atom. The Kier molecular flexibility index (Phi) is 6.01. The van der Waals surface area contributed by atoms with Gasteiger partial charge >= 0.3 is 0 Å². The predicted molar refractivity (Wildman–Crippen MR) is 96.6 cm³/mol. The zero-order chi connectivity index (χ0) is 20.3. The van der Waals surface area contributed by atoms with Gasteiger partial charge in [0.2, 0.25) is 15.9 Å². The van der Waals surface area contributed by atoms with E-state index in [-0.39, 0.29) is 43.3 Å². The van der Waals surface area contributed by atoms with E-state index >= 15 is 0 Å². The molecule has 2 aromatic rings. The SMILES string of the molecule is O=C(CN1CCN(S(=O)(=O)c2ccccc2F)CC1)Nc1cc(F)cc(F)c1. The molecule has 28 heavy (non-hydrogen) atoms. The van der Waals surface area contributed by atoms with Crippen molar-refractivity contribution in [3.63, 3.8) is 0 Å². The summed E-state index contributed by atoms with van der Waals surface area (Å²) < 4.78 is 66.5. The second-order valence-corrected chi connectivity index (χ2v) is 8.22. The van der Waals surface area contributed by atoms with Gasteiger partial charge in [-0.15, -0.1) is 0 Å². The smallest absolute Gasteiger partial charge is 0.246 e. The molecule has 0 aromatic heterocycles. The van der Waals surface area contributed by atoms with Crippen LogP contribution in [0.2, 0.25) is 0 Å². The second kappa shape index (κ2) is 8.29. The van der Waals surface area contributed by atoms with Gasteiger partial charge in [-0.1, -0.05) is 12.1 Å². The van der Waals surface area contributed by atoms with Crippen molar-refractivity contribution < 1.29 is 26.4 Å². The average molecular weight is 413 g/mol. The number of nitrogens with one attached hydrogen (secondary N) is 1. The van der Waals surface area contributed by atoms with Gasteiger partial charge in [0.15, 0.2) is 0 Å². The summed E-state index contributed by atoms with van der Waals surface area (Å²) in [5.41, 5.74) is 0.00302. The topological polar surface area (TPSA) is 69.7 Å². The highest BCUT2D eigenvalue weighted by molar-refractivity contribution is 7.89. The van der Waals surface area contributed by atoms with Crippen LogP contribution in [0.4, 0.5) is 18.9 Å². The Morgan fingerprint density at radius 2 is 1.57 bits per heavy atom. The Hall–Kier alpha value is -2.43. The van der Waals surface area contributed by atoms with Gasteiger partial charge in [0.25, 0.3) is 0 Å². The quantitative estimate of drug-likeness (QED) is 0.815. The van der Waals surface area contributed by atoms with Crippen LogP contribution in [-0.2, 0) is 14.8 Å². The number of rotatable bonds is 5. The highest BCUT2D eigenvalue weighted by Gasteiger charge is 2.30. The minimum atomic E-state index is -3.95. The van der Waals surface area contributed by atoms with Crippen molar-refractivity contribution in [3.05, 3.63) is 59.9 Å². The largest absolute Gasteiger partial charge is 0.325 e. The van der Waals surface area contributed by atoms with Crippen LogP contribution in [0.25, 0.3) is 0 Å². The summed E-state index contributed by atoms with van der Waals surface area (Å²) >= 11 is 0. The third kappa shape index (κ3) is 4.70. The van der Waals surface area contributed by atoms with Crippen molar-refractivity contribution in [2.75, 3.05) is 38.0 Å². The molecule has 1 heterocycles. The van der Waals surface area contributed by atoms with Crippen molar-refractivity contribution in [1.82, 2.24) is 9.21 Å². The summed E-state index contributed by atoms with van der Waals surface area (Å²) in [5.74, 6) is -2.90. The Balaban J connectivity index is 1.56. The van der Waals surface area contributed by atoms with E-state index in [9.17, 15) is 26.4 Å². The molecular formula is C18H18F3N3O3S. The maximum atomic E-state index is 13.8. The van der Waals surface area contributed by atoms with Gasteiger partial charge in [0.05, 0.1) is 6.54 Å². The molecule has 1 saturated heterocycles. The zero-order valence-corrected chi connectivity index (χ0v) is 15.6. The highest BCUT2D eigenvalue weighted by atomic mass is 32.2. The van der Waals surface area contributed by atoms with Gasteiger partial charge < -0.3 is 5.32 Å². The average Bonchev–Trinajstić information content (AvgIpc) is 2.61. The van der Waals surface area contributed by atoms with Gasteiger partial charge in [-0.05, 0) is 24.3 Å². The summed E-state index contributed by atoms with van der Waals surface area (Å²) in [4.78, 5) is 13.4. The number of anilines is 1. The van der Waals surface area contributed by atoms with Crippen LogP contribution in [0.5, 0.6) is 0 Å². The highest BCUT2D eigenvalue weighted by Crippen LogP contribution is 2.20. The van der Waals surface area contributed by atoms with E-state index in [0.29, 0.717) is 6.07 Å². The van der Waals surface area contributed by atoms with E-state index in [4.69, 9.17) is 0 Å². The summed E-state index contributed by atoms with van der Waals surface area (Å²) in [5, 5.41) is 2.40. The minimum Gasteiger partial charge on any atom is -0.325 e. The molecule has 0 aliphatic carbocycles. The predicted octanol–water partition coefficient (Wildman–Crippen LogP) is 2.05. The third-order valence-electron chi connectivity index (χ3n) is 4.30. The molecule has 0 radical (unpaired) electrons. The van der Waals surface area contributed by atoms with Crippen molar-refractivity contribution in [2.24, 2.45) is 0 Å². The van der Waals surface area contributed by atoms with Gasteiger partial charge in [-0.25, -0.2) is 21.6 Å². The van der Waals surface area contributed by atoms with E-state index in [1.807, 2.05) is 0 Å². The van der Waals surface area contributed by atoms with Crippen LogP contribution in [0.15, 0.2) is 47.4 Å². The van der Waals surface area contributed by atoms with Crippen LogP contribution in [0.1, 0.15) is 0 Å². The molecule has 1 aliphatic rings. The van der Waals surface area contributed by atoms with Crippen LogP contribution in [0.3, 0.4) is 0 Å². The van der Waals surface area contributed by atoms with Crippen LogP contribution in [0, 0.1) is 17.5 Å². The molecule has 1 fully saturated rings. The number of nitrogens with zero attached hydrogens (tertiary/aromatic N) is 2. The molecule has 0 saturated carbocycles. The fourth-order valence-electron chi connectivity index (χ4n) is 2.95. The van der Waals surface area contributed by atoms with Gasteiger partial charge in [0, 0.05) is 37.9 Å². The monoisotopic (exact) mass is 413 g/mol. The molecule has 0 bridgehead atoms. The fourth-order valence-corrected chi connectivity index (χ4v) is 4.44.